The number of esters is 1. The first kappa shape index (κ1) is 20.4. The lowest BCUT2D eigenvalue weighted by Gasteiger charge is -2.09. The molecule has 0 spiro atoms. The Balaban J connectivity index is 1.43. The van der Waals surface area contributed by atoms with Gasteiger partial charge in [0.05, 0.1) is 5.56 Å². The molecular weight excluding hydrogens is 451 g/mol. The lowest BCUT2D eigenvalue weighted by molar-refractivity contribution is 0.0702. The van der Waals surface area contributed by atoms with Crippen LogP contribution in [0.3, 0.4) is 0 Å². The number of carbonyl (C=O) groups is 2. The van der Waals surface area contributed by atoms with Gasteiger partial charge in [-0.2, -0.15) is 0 Å². The van der Waals surface area contributed by atoms with Crippen molar-refractivity contribution in [3.8, 4) is 11.5 Å². The highest BCUT2D eigenvalue weighted by atomic mass is 35.5. The number of ketones is 1. The number of furan rings is 1. The molecule has 0 amide bonds. The van der Waals surface area contributed by atoms with Crippen LogP contribution in [0.1, 0.15) is 32.0 Å². The summed E-state index contributed by atoms with van der Waals surface area (Å²) in [5.41, 5.74) is 2.09. The number of Topliss-reactive ketones (excluding diaryl/α,β-unsaturated/α-hetero) is 1. The van der Waals surface area contributed by atoms with E-state index in [4.69, 9.17) is 37.1 Å². The Morgan fingerprint density at radius 1 is 1.03 bits per heavy atom. The van der Waals surface area contributed by atoms with Gasteiger partial charge in [0, 0.05) is 21.0 Å². The SMILES string of the molecule is Cc1c(OC(=O)c2cc3ccccc3o2)ccc2c1O/C(=C\c1ccc(Cl)cc1Cl)C2=O. The molecule has 1 aromatic heterocycles. The van der Waals surface area contributed by atoms with E-state index < -0.39 is 5.97 Å². The van der Waals surface area contributed by atoms with Crippen molar-refractivity contribution < 1.29 is 23.5 Å². The summed E-state index contributed by atoms with van der Waals surface area (Å²) in [6.45, 7) is 1.71. The van der Waals surface area contributed by atoms with Gasteiger partial charge in [0.2, 0.25) is 11.5 Å². The Morgan fingerprint density at radius 3 is 2.62 bits per heavy atom. The van der Waals surface area contributed by atoms with Gasteiger partial charge in [-0.05, 0) is 55.0 Å². The molecule has 1 aliphatic rings. The maximum atomic E-state index is 12.8. The molecule has 0 saturated heterocycles. The summed E-state index contributed by atoms with van der Waals surface area (Å²) in [4.78, 5) is 25.4. The van der Waals surface area contributed by atoms with Crippen LogP contribution in [0, 0.1) is 6.92 Å². The summed E-state index contributed by atoms with van der Waals surface area (Å²) < 4.78 is 16.9. The minimum atomic E-state index is -0.641. The highest BCUT2D eigenvalue weighted by Gasteiger charge is 2.31. The molecule has 0 atom stereocenters. The van der Waals surface area contributed by atoms with Crippen LogP contribution in [0.25, 0.3) is 17.0 Å². The molecule has 0 aliphatic carbocycles. The van der Waals surface area contributed by atoms with Gasteiger partial charge >= 0.3 is 5.97 Å². The molecule has 0 N–H and O–H groups in total. The maximum Gasteiger partial charge on any atom is 0.379 e. The summed E-state index contributed by atoms with van der Waals surface area (Å²) in [5, 5.41) is 1.69. The highest BCUT2D eigenvalue weighted by Crippen LogP contribution is 2.40. The summed E-state index contributed by atoms with van der Waals surface area (Å²) in [5.74, 6) is -0.121. The lowest BCUT2D eigenvalue weighted by Crippen LogP contribution is -2.08. The molecule has 3 aromatic carbocycles. The van der Waals surface area contributed by atoms with Crippen LogP contribution in [0.5, 0.6) is 11.5 Å². The fourth-order valence-electron chi connectivity index (χ4n) is 3.47. The third-order valence-electron chi connectivity index (χ3n) is 5.12. The van der Waals surface area contributed by atoms with Crippen molar-refractivity contribution in [1.82, 2.24) is 0 Å². The fourth-order valence-corrected chi connectivity index (χ4v) is 3.93. The van der Waals surface area contributed by atoms with E-state index in [0.717, 1.165) is 5.39 Å². The zero-order chi connectivity index (χ0) is 22.4. The van der Waals surface area contributed by atoms with E-state index in [2.05, 4.69) is 0 Å². The first-order valence-corrected chi connectivity index (χ1v) is 10.4. The molecule has 5 rings (SSSR count). The number of hydrogen-bond acceptors (Lipinski definition) is 5. The van der Waals surface area contributed by atoms with E-state index in [1.165, 1.54) is 0 Å². The van der Waals surface area contributed by atoms with Crippen LogP contribution in [-0.4, -0.2) is 11.8 Å². The molecule has 4 aromatic rings. The molecule has 158 valence electrons. The van der Waals surface area contributed by atoms with Crippen LogP contribution in [0.2, 0.25) is 10.0 Å². The van der Waals surface area contributed by atoms with Gasteiger partial charge in [0.1, 0.15) is 17.1 Å². The molecule has 2 heterocycles. The van der Waals surface area contributed by atoms with Crippen molar-refractivity contribution in [2.24, 2.45) is 0 Å². The summed E-state index contributed by atoms with van der Waals surface area (Å²) in [7, 11) is 0. The fraction of sp³-hybridized carbons (Fsp3) is 0.0400. The number of halogens is 2. The zero-order valence-corrected chi connectivity index (χ0v) is 18.2. The number of rotatable bonds is 3. The van der Waals surface area contributed by atoms with Gasteiger partial charge in [0.25, 0.3) is 0 Å². The monoisotopic (exact) mass is 464 g/mol. The second-order valence-electron chi connectivity index (χ2n) is 7.21. The van der Waals surface area contributed by atoms with Gasteiger partial charge in [0.15, 0.2) is 5.76 Å². The lowest BCUT2D eigenvalue weighted by atomic mass is 10.1. The molecule has 5 nitrogen and oxygen atoms in total. The second-order valence-corrected chi connectivity index (χ2v) is 8.05. The van der Waals surface area contributed by atoms with Crippen molar-refractivity contribution in [2.75, 3.05) is 0 Å². The number of fused-ring (bicyclic) bond motifs is 2. The number of carbonyl (C=O) groups excluding carboxylic acids is 2. The molecular formula is C25H14Cl2O5. The quantitative estimate of drug-likeness (QED) is 0.187. The van der Waals surface area contributed by atoms with Crippen LogP contribution in [0.4, 0.5) is 0 Å². The Hall–Kier alpha value is -3.54. The molecule has 0 fully saturated rings. The summed E-state index contributed by atoms with van der Waals surface area (Å²) >= 11 is 12.1. The number of benzene rings is 3. The Morgan fingerprint density at radius 2 is 1.84 bits per heavy atom. The first-order valence-electron chi connectivity index (χ1n) is 9.64. The topological polar surface area (TPSA) is 65.7 Å². The predicted octanol–water partition coefficient (Wildman–Crippen LogP) is 6.88. The van der Waals surface area contributed by atoms with Crippen molar-refractivity contribution >= 4 is 52.0 Å². The number of para-hydroxylation sites is 1. The molecule has 0 saturated carbocycles. The molecule has 7 heteroatoms. The standard InChI is InChI=1S/C25H14Cl2O5/c1-13-19(32-25(29)22-11-15-4-2-3-5-20(15)30-22)9-8-17-23(28)21(31-24(13)17)10-14-6-7-16(26)12-18(14)27/h2-12H,1H3/b21-10-. The van der Waals surface area contributed by atoms with Gasteiger partial charge in [-0.1, -0.05) is 47.5 Å². The van der Waals surface area contributed by atoms with E-state index in [0.29, 0.717) is 38.1 Å². The van der Waals surface area contributed by atoms with E-state index >= 15 is 0 Å². The molecule has 1 aliphatic heterocycles. The van der Waals surface area contributed by atoms with Crippen LogP contribution >= 0.6 is 23.2 Å². The average Bonchev–Trinajstić information content (AvgIpc) is 3.34. The average molecular weight is 465 g/mol. The van der Waals surface area contributed by atoms with Crippen molar-refractivity contribution in [3.63, 3.8) is 0 Å². The van der Waals surface area contributed by atoms with Gasteiger partial charge < -0.3 is 13.9 Å². The highest BCUT2D eigenvalue weighted by molar-refractivity contribution is 6.35. The molecule has 32 heavy (non-hydrogen) atoms. The molecule has 0 radical (unpaired) electrons. The summed E-state index contributed by atoms with van der Waals surface area (Å²) in [6, 6.07) is 17.0. The minimum absolute atomic E-state index is 0.0843. The van der Waals surface area contributed by atoms with Gasteiger partial charge in [-0.3, -0.25) is 4.79 Å². The van der Waals surface area contributed by atoms with E-state index in [9.17, 15) is 9.59 Å². The second kappa shape index (κ2) is 7.86. The van der Waals surface area contributed by atoms with Crippen molar-refractivity contribution in [1.29, 1.82) is 0 Å². The minimum Gasteiger partial charge on any atom is -0.452 e. The third kappa shape index (κ3) is 3.55. The van der Waals surface area contributed by atoms with E-state index in [1.54, 1.807) is 55.5 Å². The van der Waals surface area contributed by atoms with Crippen LogP contribution in [0.15, 0.2) is 70.8 Å². The first-order chi connectivity index (χ1) is 15.4. The maximum absolute atomic E-state index is 12.8. The van der Waals surface area contributed by atoms with Crippen LogP contribution in [-0.2, 0) is 0 Å². The zero-order valence-electron chi connectivity index (χ0n) is 16.6. The number of allylic oxidation sites excluding steroid dienone is 1. The van der Waals surface area contributed by atoms with Crippen molar-refractivity contribution in [3.05, 3.63) is 98.9 Å². The van der Waals surface area contributed by atoms with Crippen molar-refractivity contribution in [2.45, 2.75) is 6.92 Å². The Labute approximate surface area is 192 Å². The smallest absolute Gasteiger partial charge is 0.379 e. The number of hydrogen-bond donors (Lipinski definition) is 0. The van der Waals surface area contributed by atoms with Gasteiger partial charge in [-0.25, -0.2) is 4.79 Å². The Kier molecular flexibility index (Phi) is 5.00. The molecule has 0 unspecified atom stereocenters. The summed E-state index contributed by atoms with van der Waals surface area (Å²) in [6.07, 6.45) is 1.56. The van der Waals surface area contributed by atoms with E-state index in [1.807, 2.05) is 18.2 Å². The van der Waals surface area contributed by atoms with Crippen LogP contribution < -0.4 is 9.47 Å². The van der Waals surface area contributed by atoms with E-state index in [-0.39, 0.29) is 23.1 Å². The van der Waals surface area contributed by atoms with Gasteiger partial charge in [-0.15, -0.1) is 0 Å². The normalized spacial score (nSPS) is 14.0. The molecule has 0 bridgehead atoms. The Bertz CT molecular complexity index is 1420. The third-order valence-corrected chi connectivity index (χ3v) is 5.68. The largest absolute Gasteiger partial charge is 0.452 e. The number of ether oxygens (including phenoxy) is 2. The predicted molar refractivity (Wildman–Crippen MR) is 122 cm³/mol.